The molecule has 0 N–H and O–H groups in total. The lowest BCUT2D eigenvalue weighted by Crippen LogP contribution is -2.06. The fourth-order valence-electron chi connectivity index (χ4n) is 1.64. The molecule has 0 spiro atoms. The molecule has 88 valence electrons. The minimum absolute atomic E-state index is 0.161. The highest BCUT2D eigenvalue weighted by molar-refractivity contribution is 6.10. The molecule has 1 aromatic carbocycles. The average molecular weight is 238 g/mol. The molecule has 0 unspecified atom stereocenters. The van der Waals surface area contributed by atoms with Gasteiger partial charge in [0.25, 0.3) is 0 Å². The number of hydrogen-bond donors (Lipinski definition) is 0. The van der Waals surface area contributed by atoms with Gasteiger partial charge in [-0.3, -0.25) is 4.79 Å². The van der Waals surface area contributed by atoms with Crippen LogP contribution in [0, 0.1) is 11.3 Å². The predicted molar refractivity (Wildman–Crippen MR) is 65.4 cm³/mol. The maximum Gasteiger partial charge on any atom is 0.232 e. The molecule has 0 aliphatic heterocycles. The Morgan fingerprint density at radius 1 is 1.28 bits per heavy atom. The Hall–Kier alpha value is -2.67. The van der Waals surface area contributed by atoms with Gasteiger partial charge >= 0.3 is 0 Å². The van der Waals surface area contributed by atoms with E-state index in [4.69, 9.17) is 10.00 Å². The number of aromatic nitrogens is 1. The van der Waals surface area contributed by atoms with E-state index in [1.54, 1.807) is 24.3 Å². The van der Waals surface area contributed by atoms with Gasteiger partial charge < -0.3 is 4.74 Å². The van der Waals surface area contributed by atoms with E-state index in [-0.39, 0.29) is 17.2 Å². The van der Waals surface area contributed by atoms with E-state index in [0.717, 1.165) is 0 Å². The quantitative estimate of drug-likeness (QED) is 0.769. The number of carbonyl (C=O) groups excluding carboxylic acids is 1. The molecule has 2 rings (SSSR count). The summed E-state index contributed by atoms with van der Waals surface area (Å²) in [5.41, 5.74) is 0.992. The van der Waals surface area contributed by atoms with Crippen molar-refractivity contribution in [2.45, 2.75) is 0 Å². The van der Waals surface area contributed by atoms with Crippen LogP contribution in [0.5, 0.6) is 5.88 Å². The Bertz CT molecular complexity index is 615. The van der Waals surface area contributed by atoms with Gasteiger partial charge in [-0.1, -0.05) is 30.3 Å². The van der Waals surface area contributed by atoms with Gasteiger partial charge in [0.1, 0.15) is 11.6 Å². The maximum absolute atomic E-state index is 12.3. The lowest BCUT2D eigenvalue weighted by atomic mass is 10.0. The molecular formula is C14H10N2O2. The van der Waals surface area contributed by atoms with E-state index in [2.05, 4.69) is 4.98 Å². The molecule has 0 fully saturated rings. The van der Waals surface area contributed by atoms with Crippen molar-refractivity contribution in [3.05, 3.63) is 59.3 Å². The molecule has 18 heavy (non-hydrogen) atoms. The summed E-state index contributed by atoms with van der Waals surface area (Å²) in [6, 6.07) is 12.3. The first-order valence-electron chi connectivity index (χ1n) is 5.30. The van der Waals surface area contributed by atoms with Crippen LogP contribution in [0.3, 0.4) is 0 Å². The van der Waals surface area contributed by atoms with Crippen molar-refractivity contribution < 1.29 is 9.53 Å². The number of hydrogen-bond acceptors (Lipinski definition) is 4. The van der Waals surface area contributed by atoms with Crippen molar-refractivity contribution >= 4 is 5.78 Å². The van der Waals surface area contributed by atoms with E-state index in [1.165, 1.54) is 19.4 Å². The summed E-state index contributed by atoms with van der Waals surface area (Å²) in [7, 11) is 1.42. The van der Waals surface area contributed by atoms with E-state index in [1.807, 2.05) is 12.1 Å². The molecule has 1 heterocycles. The third-order valence-electron chi connectivity index (χ3n) is 2.50. The van der Waals surface area contributed by atoms with E-state index < -0.39 is 0 Å². The molecule has 0 atom stereocenters. The lowest BCUT2D eigenvalue weighted by molar-refractivity contribution is 0.103. The van der Waals surface area contributed by atoms with Crippen molar-refractivity contribution in [3.63, 3.8) is 0 Å². The average Bonchev–Trinajstić information content (AvgIpc) is 2.46. The highest BCUT2D eigenvalue weighted by atomic mass is 16.5. The Morgan fingerprint density at radius 3 is 2.61 bits per heavy atom. The lowest BCUT2D eigenvalue weighted by Gasteiger charge is -2.06. The van der Waals surface area contributed by atoms with Gasteiger partial charge in [0, 0.05) is 17.3 Å². The number of methoxy groups -OCH3 is 1. The fraction of sp³-hybridized carbons (Fsp3) is 0.0714. The molecule has 0 bridgehead atoms. The largest absolute Gasteiger partial charge is 0.480 e. The van der Waals surface area contributed by atoms with Gasteiger partial charge in [-0.2, -0.15) is 5.26 Å². The van der Waals surface area contributed by atoms with E-state index >= 15 is 0 Å². The summed E-state index contributed by atoms with van der Waals surface area (Å²) in [4.78, 5) is 16.2. The zero-order chi connectivity index (χ0) is 13.0. The first kappa shape index (κ1) is 11.8. The van der Waals surface area contributed by atoms with Gasteiger partial charge in [-0.15, -0.1) is 0 Å². The summed E-state index contributed by atoms with van der Waals surface area (Å²) < 4.78 is 4.98. The standard InChI is InChI=1S/C14H10N2O2/c1-18-14-12(9-15)11(7-8-16-14)13(17)10-5-3-2-4-6-10/h2-8H,1H3. The van der Waals surface area contributed by atoms with Gasteiger partial charge in [-0.05, 0) is 6.07 Å². The number of rotatable bonds is 3. The number of ether oxygens (including phenoxy) is 1. The number of pyridine rings is 1. The number of nitriles is 1. The van der Waals surface area contributed by atoms with Crippen LogP contribution < -0.4 is 4.74 Å². The third kappa shape index (κ3) is 2.06. The summed E-state index contributed by atoms with van der Waals surface area (Å²) in [6.45, 7) is 0. The molecule has 0 saturated carbocycles. The number of benzene rings is 1. The summed E-state index contributed by atoms with van der Waals surface area (Å²) in [5, 5.41) is 9.10. The molecule has 4 nitrogen and oxygen atoms in total. The predicted octanol–water partition coefficient (Wildman–Crippen LogP) is 2.19. The van der Waals surface area contributed by atoms with Crippen LogP contribution in [0.4, 0.5) is 0 Å². The molecule has 4 heteroatoms. The van der Waals surface area contributed by atoms with Crippen LogP contribution in [0.15, 0.2) is 42.6 Å². The molecule has 2 aromatic rings. The zero-order valence-electron chi connectivity index (χ0n) is 9.75. The summed E-state index contributed by atoms with van der Waals surface area (Å²) in [5.74, 6) is -0.0490. The van der Waals surface area contributed by atoms with Crippen molar-refractivity contribution in [1.29, 1.82) is 5.26 Å². The van der Waals surface area contributed by atoms with Crippen LogP contribution in [-0.2, 0) is 0 Å². The third-order valence-corrected chi connectivity index (χ3v) is 2.50. The molecule has 0 aliphatic carbocycles. The van der Waals surface area contributed by atoms with E-state index in [9.17, 15) is 4.79 Å². The maximum atomic E-state index is 12.3. The first-order chi connectivity index (χ1) is 8.77. The Morgan fingerprint density at radius 2 is 2.00 bits per heavy atom. The minimum Gasteiger partial charge on any atom is -0.480 e. The molecule has 0 radical (unpaired) electrons. The highest BCUT2D eigenvalue weighted by Crippen LogP contribution is 2.20. The van der Waals surface area contributed by atoms with E-state index in [0.29, 0.717) is 11.1 Å². The SMILES string of the molecule is COc1nccc(C(=O)c2ccccc2)c1C#N. The molecule has 0 amide bonds. The Labute approximate surface area is 104 Å². The summed E-state index contributed by atoms with van der Waals surface area (Å²) in [6.07, 6.45) is 1.45. The second-order valence-corrected chi connectivity index (χ2v) is 3.55. The normalized spacial score (nSPS) is 9.56. The topological polar surface area (TPSA) is 63.0 Å². The van der Waals surface area contributed by atoms with Crippen LogP contribution >= 0.6 is 0 Å². The van der Waals surface area contributed by atoms with Crippen LogP contribution in [-0.4, -0.2) is 17.9 Å². The molecule has 0 aliphatic rings. The second kappa shape index (κ2) is 5.11. The van der Waals surface area contributed by atoms with Crippen molar-refractivity contribution in [1.82, 2.24) is 4.98 Å². The number of carbonyl (C=O) groups is 1. The molecule has 0 saturated heterocycles. The first-order valence-corrected chi connectivity index (χ1v) is 5.30. The zero-order valence-corrected chi connectivity index (χ0v) is 9.75. The second-order valence-electron chi connectivity index (χ2n) is 3.55. The van der Waals surface area contributed by atoms with Crippen molar-refractivity contribution in [2.75, 3.05) is 7.11 Å². The Balaban J connectivity index is 2.53. The smallest absolute Gasteiger partial charge is 0.232 e. The molecular weight excluding hydrogens is 228 g/mol. The molecule has 1 aromatic heterocycles. The Kier molecular flexibility index (Phi) is 3.35. The van der Waals surface area contributed by atoms with Crippen molar-refractivity contribution in [2.24, 2.45) is 0 Å². The van der Waals surface area contributed by atoms with Gasteiger partial charge in [-0.25, -0.2) is 4.98 Å². The van der Waals surface area contributed by atoms with Gasteiger partial charge in [0.05, 0.1) is 7.11 Å². The van der Waals surface area contributed by atoms with Crippen molar-refractivity contribution in [3.8, 4) is 11.9 Å². The number of nitrogens with zero attached hydrogens (tertiary/aromatic N) is 2. The highest BCUT2D eigenvalue weighted by Gasteiger charge is 2.17. The minimum atomic E-state index is -0.215. The van der Waals surface area contributed by atoms with Gasteiger partial charge in [0.2, 0.25) is 5.88 Å². The van der Waals surface area contributed by atoms with Gasteiger partial charge in [0.15, 0.2) is 5.78 Å². The van der Waals surface area contributed by atoms with Crippen LogP contribution in [0.2, 0.25) is 0 Å². The van der Waals surface area contributed by atoms with Crippen LogP contribution in [0.25, 0.3) is 0 Å². The fourth-order valence-corrected chi connectivity index (χ4v) is 1.64. The van der Waals surface area contributed by atoms with Crippen LogP contribution in [0.1, 0.15) is 21.5 Å². The monoisotopic (exact) mass is 238 g/mol. The number of ketones is 1. The summed E-state index contributed by atoms with van der Waals surface area (Å²) >= 11 is 0.